The molecule has 1 heterocycles. The van der Waals surface area contributed by atoms with Gasteiger partial charge < -0.3 is 9.67 Å². The standard InChI is InChI=1S/C6H9NO2.C5H5NS2/c1-5(4-7)2-3-6(8)9;7-5(8)6-3-1-2-4-6/h5H,2-3H2,1H3,(H,8,9);1-4H,(H,7,8). The first-order chi connectivity index (χ1) is 7.97. The zero-order valence-electron chi connectivity index (χ0n) is 9.41. The molecular formula is C11H14N2O2S2. The van der Waals surface area contributed by atoms with Crippen LogP contribution < -0.4 is 0 Å². The zero-order valence-corrected chi connectivity index (χ0v) is 11.1. The first-order valence-corrected chi connectivity index (χ1v) is 5.80. The first kappa shape index (κ1) is 15.7. The van der Waals surface area contributed by atoms with Gasteiger partial charge in [-0.25, -0.2) is 0 Å². The van der Waals surface area contributed by atoms with E-state index < -0.39 is 5.97 Å². The van der Waals surface area contributed by atoms with Gasteiger partial charge in [-0.3, -0.25) is 4.79 Å². The third-order valence-electron chi connectivity index (χ3n) is 1.84. The Morgan fingerprint density at radius 1 is 1.59 bits per heavy atom. The van der Waals surface area contributed by atoms with E-state index in [2.05, 4.69) is 12.6 Å². The zero-order chi connectivity index (χ0) is 13.3. The summed E-state index contributed by atoms with van der Waals surface area (Å²) in [6.45, 7) is 1.71. The Labute approximate surface area is 111 Å². The molecule has 0 aliphatic heterocycles. The van der Waals surface area contributed by atoms with Crippen LogP contribution in [0.4, 0.5) is 0 Å². The lowest BCUT2D eigenvalue weighted by atomic mass is 10.1. The van der Waals surface area contributed by atoms with Gasteiger partial charge in [-0.1, -0.05) is 12.2 Å². The van der Waals surface area contributed by atoms with E-state index in [1.807, 2.05) is 30.6 Å². The van der Waals surface area contributed by atoms with Crippen molar-refractivity contribution in [1.82, 2.24) is 4.57 Å². The molecule has 0 radical (unpaired) electrons. The topological polar surface area (TPSA) is 66.0 Å². The molecule has 1 atom stereocenters. The number of thiol groups is 1. The normalized spacial score (nSPS) is 10.6. The van der Waals surface area contributed by atoms with Crippen LogP contribution in [0.15, 0.2) is 24.5 Å². The third-order valence-corrected chi connectivity index (χ3v) is 2.28. The molecule has 1 N–H and O–H groups in total. The smallest absolute Gasteiger partial charge is 0.303 e. The highest BCUT2D eigenvalue weighted by Crippen LogP contribution is 2.02. The average molecular weight is 270 g/mol. The van der Waals surface area contributed by atoms with Crippen molar-refractivity contribution in [1.29, 1.82) is 5.26 Å². The maximum Gasteiger partial charge on any atom is 0.303 e. The Morgan fingerprint density at radius 3 is 2.41 bits per heavy atom. The number of aromatic nitrogens is 1. The molecule has 1 aromatic rings. The lowest BCUT2D eigenvalue weighted by Crippen LogP contribution is -1.98. The molecule has 92 valence electrons. The van der Waals surface area contributed by atoms with Crippen LogP contribution in [0.3, 0.4) is 0 Å². The highest BCUT2D eigenvalue weighted by Gasteiger charge is 2.02. The number of carboxylic acid groups (broad SMARTS) is 1. The number of hydrogen-bond donors (Lipinski definition) is 2. The number of thiocarbonyl (C=S) groups is 1. The number of aliphatic carboxylic acids is 1. The molecule has 0 spiro atoms. The summed E-state index contributed by atoms with van der Waals surface area (Å²) >= 11 is 8.69. The monoisotopic (exact) mass is 270 g/mol. The predicted molar refractivity (Wildman–Crippen MR) is 73.1 cm³/mol. The van der Waals surface area contributed by atoms with Gasteiger partial charge in [0.1, 0.15) is 4.32 Å². The minimum absolute atomic E-state index is 0.0920. The molecule has 0 aromatic carbocycles. The molecule has 0 saturated carbocycles. The quantitative estimate of drug-likeness (QED) is 0.654. The van der Waals surface area contributed by atoms with Gasteiger partial charge in [0, 0.05) is 24.7 Å². The van der Waals surface area contributed by atoms with Crippen LogP contribution in [0.2, 0.25) is 0 Å². The van der Waals surface area contributed by atoms with Crippen LogP contribution in [-0.4, -0.2) is 20.0 Å². The minimum Gasteiger partial charge on any atom is -0.481 e. The molecule has 1 rings (SSSR count). The summed E-state index contributed by atoms with van der Waals surface area (Å²) in [7, 11) is 0. The van der Waals surface area contributed by atoms with E-state index in [0.29, 0.717) is 10.7 Å². The van der Waals surface area contributed by atoms with Crippen LogP contribution >= 0.6 is 24.8 Å². The SMILES string of the molecule is CC(C#N)CCC(=O)O.S=C(S)n1cccc1. The fraction of sp³-hybridized carbons (Fsp3) is 0.364. The number of nitriles is 1. The van der Waals surface area contributed by atoms with Gasteiger partial charge in [-0.05, 0) is 25.5 Å². The number of carboxylic acids is 1. The second-order valence-electron chi connectivity index (χ2n) is 3.34. The van der Waals surface area contributed by atoms with E-state index in [1.54, 1.807) is 11.5 Å². The van der Waals surface area contributed by atoms with Gasteiger partial charge in [-0.2, -0.15) is 5.26 Å². The Kier molecular flexibility index (Phi) is 8.11. The highest BCUT2D eigenvalue weighted by molar-refractivity contribution is 8.11. The fourth-order valence-corrected chi connectivity index (χ4v) is 1.12. The summed E-state index contributed by atoms with van der Waals surface area (Å²) < 4.78 is 2.34. The van der Waals surface area contributed by atoms with Crippen molar-refractivity contribution >= 4 is 35.1 Å². The maximum absolute atomic E-state index is 9.91. The molecule has 0 aliphatic rings. The molecule has 1 unspecified atom stereocenters. The highest BCUT2D eigenvalue weighted by atomic mass is 32.1. The van der Waals surface area contributed by atoms with Gasteiger partial charge in [0.05, 0.1) is 6.07 Å². The second-order valence-corrected chi connectivity index (χ2v) is 4.45. The summed E-state index contributed by atoms with van der Waals surface area (Å²) in [6, 6.07) is 5.77. The molecular weight excluding hydrogens is 256 g/mol. The molecule has 6 heteroatoms. The van der Waals surface area contributed by atoms with E-state index in [9.17, 15) is 4.79 Å². The van der Waals surface area contributed by atoms with E-state index in [0.717, 1.165) is 0 Å². The molecule has 0 fully saturated rings. The number of hydrogen-bond acceptors (Lipinski definition) is 3. The van der Waals surface area contributed by atoms with Gasteiger partial charge in [0.15, 0.2) is 0 Å². The van der Waals surface area contributed by atoms with Crippen LogP contribution in [0, 0.1) is 17.2 Å². The number of rotatable bonds is 3. The number of nitrogens with zero attached hydrogens (tertiary/aromatic N) is 2. The summed E-state index contributed by atoms with van der Waals surface area (Å²) in [5, 5.41) is 16.4. The van der Waals surface area contributed by atoms with Gasteiger partial charge in [0.25, 0.3) is 0 Å². The second kappa shape index (κ2) is 8.79. The van der Waals surface area contributed by atoms with Crippen molar-refractivity contribution < 1.29 is 9.90 Å². The summed E-state index contributed by atoms with van der Waals surface area (Å²) in [5.41, 5.74) is 0. The summed E-state index contributed by atoms with van der Waals surface area (Å²) in [5.74, 6) is -0.974. The van der Waals surface area contributed by atoms with Crippen LogP contribution in [0.1, 0.15) is 19.8 Å². The summed E-state index contributed by atoms with van der Waals surface area (Å²) in [6.07, 6.45) is 4.26. The van der Waals surface area contributed by atoms with Crippen molar-refractivity contribution in [2.24, 2.45) is 5.92 Å². The molecule has 1 aromatic heterocycles. The van der Waals surface area contributed by atoms with Gasteiger partial charge >= 0.3 is 5.97 Å². The molecule has 0 aliphatic carbocycles. The minimum atomic E-state index is -0.836. The van der Waals surface area contributed by atoms with Gasteiger partial charge in [0.2, 0.25) is 0 Å². The third kappa shape index (κ3) is 8.48. The number of carbonyl (C=O) groups is 1. The molecule has 0 amide bonds. The van der Waals surface area contributed by atoms with E-state index in [1.165, 1.54) is 0 Å². The Balaban J connectivity index is 0.000000302. The van der Waals surface area contributed by atoms with E-state index in [-0.39, 0.29) is 12.3 Å². The summed E-state index contributed by atoms with van der Waals surface area (Å²) in [4.78, 5) is 9.91. The van der Waals surface area contributed by atoms with Crippen molar-refractivity contribution in [3.8, 4) is 6.07 Å². The van der Waals surface area contributed by atoms with Crippen LogP contribution in [0.25, 0.3) is 0 Å². The Bertz CT molecular complexity index is 396. The Hall–Kier alpha value is -1.32. The van der Waals surface area contributed by atoms with E-state index in [4.69, 9.17) is 22.6 Å². The maximum atomic E-state index is 9.91. The first-order valence-electron chi connectivity index (χ1n) is 4.95. The molecule has 4 nitrogen and oxygen atoms in total. The lowest BCUT2D eigenvalue weighted by molar-refractivity contribution is -0.137. The van der Waals surface area contributed by atoms with Crippen LogP contribution in [0.5, 0.6) is 0 Å². The lowest BCUT2D eigenvalue weighted by Gasteiger charge is -1.95. The van der Waals surface area contributed by atoms with Crippen molar-refractivity contribution in [2.45, 2.75) is 19.8 Å². The Morgan fingerprint density at radius 2 is 2.12 bits per heavy atom. The van der Waals surface area contributed by atoms with E-state index >= 15 is 0 Å². The van der Waals surface area contributed by atoms with Crippen molar-refractivity contribution in [3.63, 3.8) is 0 Å². The van der Waals surface area contributed by atoms with Crippen molar-refractivity contribution in [3.05, 3.63) is 24.5 Å². The van der Waals surface area contributed by atoms with Crippen LogP contribution in [-0.2, 0) is 4.79 Å². The predicted octanol–water partition coefficient (Wildman–Crippen LogP) is 2.56. The average Bonchev–Trinajstić information content (AvgIpc) is 2.80. The van der Waals surface area contributed by atoms with Crippen molar-refractivity contribution in [2.75, 3.05) is 0 Å². The fourth-order valence-electron chi connectivity index (χ4n) is 0.867. The van der Waals surface area contributed by atoms with Gasteiger partial charge in [-0.15, -0.1) is 12.6 Å². The largest absolute Gasteiger partial charge is 0.481 e. The molecule has 17 heavy (non-hydrogen) atoms. The molecule has 0 saturated heterocycles. The molecule has 0 bridgehead atoms.